The quantitative estimate of drug-likeness (QED) is 0.877. The number of aromatic amines is 1. The summed E-state index contributed by atoms with van der Waals surface area (Å²) in [7, 11) is 2.18. The van der Waals surface area contributed by atoms with Crippen molar-refractivity contribution in [3.05, 3.63) is 42.1 Å². The van der Waals surface area contributed by atoms with Gasteiger partial charge in [-0.2, -0.15) is 5.10 Å². The number of nitrogens with one attached hydrogen (secondary N) is 2. The summed E-state index contributed by atoms with van der Waals surface area (Å²) in [6.07, 6.45) is 3.16. The molecule has 1 unspecified atom stereocenters. The van der Waals surface area contributed by atoms with Crippen LogP contribution in [0.5, 0.6) is 0 Å². The Morgan fingerprint density at radius 2 is 2.21 bits per heavy atom. The third-order valence-electron chi connectivity index (χ3n) is 3.75. The molecule has 1 saturated heterocycles. The van der Waals surface area contributed by atoms with Crippen LogP contribution in [0.4, 0.5) is 0 Å². The Kier molecular flexibility index (Phi) is 3.62. The fourth-order valence-electron chi connectivity index (χ4n) is 2.66. The van der Waals surface area contributed by atoms with Gasteiger partial charge in [-0.05, 0) is 25.6 Å². The van der Waals surface area contributed by atoms with Crippen molar-refractivity contribution in [3.8, 4) is 11.3 Å². The lowest BCUT2D eigenvalue weighted by Crippen LogP contribution is -2.30. The molecule has 1 aliphatic rings. The molecule has 0 saturated carbocycles. The molecule has 1 atom stereocenters. The number of aromatic nitrogens is 2. The highest BCUT2D eigenvalue weighted by molar-refractivity contribution is 5.62. The maximum absolute atomic E-state index is 4.18. The van der Waals surface area contributed by atoms with E-state index in [1.54, 1.807) is 0 Å². The van der Waals surface area contributed by atoms with E-state index in [1.165, 1.54) is 24.1 Å². The van der Waals surface area contributed by atoms with Crippen molar-refractivity contribution in [2.45, 2.75) is 19.0 Å². The normalized spacial score (nSPS) is 19.9. The van der Waals surface area contributed by atoms with E-state index in [1.807, 2.05) is 12.3 Å². The minimum atomic E-state index is 0.600. The van der Waals surface area contributed by atoms with Gasteiger partial charge >= 0.3 is 0 Å². The number of nitrogens with zero attached hydrogens (tertiary/aromatic N) is 2. The van der Waals surface area contributed by atoms with Crippen LogP contribution in [0, 0.1) is 0 Å². The van der Waals surface area contributed by atoms with E-state index in [9.17, 15) is 0 Å². The van der Waals surface area contributed by atoms with Crippen molar-refractivity contribution >= 4 is 0 Å². The average Bonchev–Trinajstić information content (AvgIpc) is 3.06. The topological polar surface area (TPSA) is 44.0 Å². The van der Waals surface area contributed by atoms with Gasteiger partial charge in [0.15, 0.2) is 0 Å². The third-order valence-corrected chi connectivity index (χ3v) is 3.75. The number of hydrogen-bond donors (Lipinski definition) is 2. The monoisotopic (exact) mass is 256 g/mol. The van der Waals surface area contributed by atoms with Crippen molar-refractivity contribution in [1.82, 2.24) is 20.4 Å². The zero-order valence-corrected chi connectivity index (χ0v) is 11.3. The second kappa shape index (κ2) is 5.55. The van der Waals surface area contributed by atoms with E-state index in [0.717, 1.165) is 18.8 Å². The molecular weight excluding hydrogens is 236 g/mol. The number of benzene rings is 1. The highest BCUT2D eigenvalue weighted by Crippen LogP contribution is 2.20. The second-order valence-electron chi connectivity index (χ2n) is 5.27. The number of rotatable bonds is 4. The van der Waals surface area contributed by atoms with Gasteiger partial charge in [0.05, 0.1) is 11.9 Å². The van der Waals surface area contributed by atoms with Gasteiger partial charge in [0, 0.05) is 24.7 Å². The van der Waals surface area contributed by atoms with Crippen LogP contribution in [0.2, 0.25) is 0 Å². The lowest BCUT2D eigenvalue weighted by atomic mass is 10.1. The molecule has 2 heterocycles. The Bertz CT molecular complexity index is 520. The molecule has 0 amide bonds. The molecule has 19 heavy (non-hydrogen) atoms. The largest absolute Gasteiger partial charge is 0.308 e. The molecule has 0 radical (unpaired) electrons. The molecule has 4 nitrogen and oxygen atoms in total. The molecule has 1 aromatic carbocycles. The number of hydrogen-bond acceptors (Lipinski definition) is 3. The van der Waals surface area contributed by atoms with E-state index in [-0.39, 0.29) is 0 Å². The van der Waals surface area contributed by atoms with Gasteiger partial charge in [-0.15, -0.1) is 0 Å². The first-order chi connectivity index (χ1) is 9.33. The molecule has 2 N–H and O–H groups in total. The van der Waals surface area contributed by atoms with Gasteiger partial charge in [-0.1, -0.05) is 30.3 Å². The summed E-state index contributed by atoms with van der Waals surface area (Å²) < 4.78 is 0. The molecule has 100 valence electrons. The van der Waals surface area contributed by atoms with E-state index in [2.05, 4.69) is 51.7 Å². The van der Waals surface area contributed by atoms with E-state index in [4.69, 9.17) is 0 Å². The van der Waals surface area contributed by atoms with Crippen LogP contribution in [0.3, 0.4) is 0 Å². The van der Waals surface area contributed by atoms with Crippen LogP contribution in [-0.4, -0.2) is 41.3 Å². The van der Waals surface area contributed by atoms with Crippen molar-refractivity contribution in [3.63, 3.8) is 0 Å². The molecule has 1 fully saturated rings. The van der Waals surface area contributed by atoms with E-state index < -0.39 is 0 Å². The van der Waals surface area contributed by atoms with Crippen LogP contribution < -0.4 is 5.32 Å². The molecule has 0 aliphatic carbocycles. The van der Waals surface area contributed by atoms with Crippen LogP contribution in [0.25, 0.3) is 11.3 Å². The molecule has 1 aliphatic heterocycles. The molecule has 0 spiro atoms. The predicted molar refractivity (Wildman–Crippen MR) is 76.8 cm³/mol. The lowest BCUT2D eigenvalue weighted by molar-refractivity contribution is 0.398. The van der Waals surface area contributed by atoms with Crippen LogP contribution in [0.15, 0.2) is 36.5 Å². The fraction of sp³-hybridized carbons (Fsp3) is 0.400. The minimum Gasteiger partial charge on any atom is -0.308 e. The predicted octanol–water partition coefficient (Wildman–Crippen LogP) is 1.87. The lowest BCUT2D eigenvalue weighted by Gasteiger charge is -2.12. The number of likely N-dealkylation sites (tertiary alicyclic amines) is 1. The first kappa shape index (κ1) is 12.4. The zero-order valence-electron chi connectivity index (χ0n) is 11.3. The van der Waals surface area contributed by atoms with Gasteiger partial charge in [0.2, 0.25) is 0 Å². The van der Waals surface area contributed by atoms with Crippen molar-refractivity contribution in [2.75, 3.05) is 20.1 Å². The van der Waals surface area contributed by atoms with Crippen molar-refractivity contribution < 1.29 is 0 Å². The summed E-state index contributed by atoms with van der Waals surface area (Å²) in [6, 6.07) is 11.0. The third kappa shape index (κ3) is 2.85. The van der Waals surface area contributed by atoms with Crippen molar-refractivity contribution in [1.29, 1.82) is 0 Å². The summed E-state index contributed by atoms with van der Waals surface area (Å²) in [6.45, 7) is 3.20. The Balaban J connectivity index is 1.67. The molecule has 1 aromatic heterocycles. The highest BCUT2D eigenvalue weighted by Gasteiger charge is 2.19. The van der Waals surface area contributed by atoms with Crippen LogP contribution >= 0.6 is 0 Å². The van der Waals surface area contributed by atoms with Gasteiger partial charge in [0.25, 0.3) is 0 Å². The minimum absolute atomic E-state index is 0.600. The van der Waals surface area contributed by atoms with E-state index >= 15 is 0 Å². The second-order valence-corrected chi connectivity index (χ2v) is 5.27. The maximum Gasteiger partial charge on any atom is 0.0695 e. The molecule has 0 bridgehead atoms. The Morgan fingerprint density at radius 3 is 2.95 bits per heavy atom. The fourth-order valence-corrected chi connectivity index (χ4v) is 2.66. The van der Waals surface area contributed by atoms with E-state index in [0.29, 0.717) is 6.04 Å². The van der Waals surface area contributed by atoms with Gasteiger partial charge in [-0.3, -0.25) is 5.10 Å². The van der Waals surface area contributed by atoms with Crippen molar-refractivity contribution in [2.24, 2.45) is 0 Å². The smallest absolute Gasteiger partial charge is 0.0695 e. The van der Waals surface area contributed by atoms with Crippen LogP contribution in [-0.2, 0) is 6.54 Å². The molecule has 4 heteroatoms. The summed E-state index contributed by atoms with van der Waals surface area (Å²) in [4.78, 5) is 2.37. The maximum atomic E-state index is 4.18. The molecular formula is C15H20N4. The Morgan fingerprint density at radius 1 is 1.37 bits per heavy atom. The molecule has 3 rings (SSSR count). The number of H-pyrrole nitrogens is 1. The first-order valence-corrected chi connectivity index (χ1v) is 6.82. The van der Waals surface area contributed by atoms with Gasteiger partial charge in [0.1, 0.15) is 0 Å². The number of likely N-dealkylation sites (N-methyl/N-ethyl adjacent to an activating group) is 1. The van der Waals surface area contributed by atoms with Gasteiger partial charge in [-0.25, -0.2) is 0 Å². The SMILES string of the molecule is CN1CCC(NCc2cn[nH]c2-c2ccccc2)C1. The first-order valence-electron chi connectivity index (χ1n) is 6.82. The van der Waals surface area contributed by atoms with Gasteiger partial charge < -0.3 is 10.2 Å². The average molecular weight is 256 g/mol. The highest BCUT2D eigenvalue weighted by atomic mass is 15.2. The molecule has 2 aromatic rings. The summed E-state index contributed by atoms with van der Waals surface area (Å²) in [5.74, 6) is 0. The summed E-state index contributed by atoms with van der Waals surface area (Å²) in [5, 5.41) is 10.9. The Hall–Kier alpha value is -1.65. The summed E-state index contributed by atoms with van der Waals surface area (Å²) >= 11 is 0. The Labute approximate surface area is 113 Å². The standard InChI is InChI=1S/C15H20N4/c1-19-8-7-14(11-19)16-9-13-10-17-18-15(13)12-5-3-2-4-6-12/h2-6,10,14,16H,7-9,11H2,1H3,(H,17,18). The zero-order chi connectivity index (χ0) is 13.1. The summed E-state index contributed by atoms with van der Waals surface area (Å²) in [5.41, 5.74) is 3.56. The van der Waals surface area contributed by atoms with Crippen LogP contribution in [0.1, 0.15) is 12.0 Å².